The number of phenolic OH excluding ortho intramolecular Hbond substituents is 2. The predicted molar refractivity (Wildman–Crippen MR) is 227 cm³/mol. The molecule has 3 nitrogen and oxygen atoms in total. The number of aromatic hydroxyl groups is 2. The van der Waals surface area contributed by atoms with E-state index in [2.05, 4.69) is 193 Å². The monoisotopic (exact) mass is 709 g/mol. The summed E-state index contributed by atoms with van der Waals surface area (Å²) in [5.74, 6) is 0.805. The molecule has 0 aromatic heterocycles. The number of hydrogen-bond donors (Lipinski definition) is 2. The van der Waals surface area contributed by atoms with E-state index in [-0.39, 0.29) is 21.7 Å². The van der Waals surface area contributed by atoms with E-state index in [1.165, 1.54) is 22.3 Å². The number of hydrogen-bond acceptors (Lipinski definition) is 3. The van der Waals surface area contributed by atoms with Crippen LogP contribution < -0.4 is 4.90 Å². The molecule has 2 N–H and O–H groups in total. The molecule has 0 amide bonds. The maximum atomic E-state index is 11.5. The van der Waals surface area contributed by atoms with Gasteiger partial charge in [-0.15, -0.1) is 0 Å². The van der Waals surface area contributed by atoms with Gasteiger partial charge < -0.3 is 15.1 Å². The minimum atomic E-state index is -0.168. The summed E-state index contributed by atoms with van der Waals surface area (Å²) >= 11 is 0. The lowest BCUT2D eigenvalue weighted by molar-refractivity contribution is 0.438. The third kappa shape index (κ3) is 9.01. The zero-order chi connectivity index (χ0) is 39.3. The quantitative estimate of drug-likeness (QED) is 0.177. The Balaban J connectivity index is 1.51. The van der Waals surface area contributed by atoms with Crippen molar-refractivity contribution >= 4 is 17.1 Å². The largest absolute Gasteiger partial charge is 0.507 e. The van der Waals surface area contributed by atoms with Crippen molar-refractivity contribution in [2.75, 3.05) is 4.90 Å². The summed E-state index contributed by atoms with van der Waals surface area (Å²) < 4.78 is 0. The summed E-state index contributed by atoms with van der Waals surface area (Å²) in [4.78, 5) is 2.31. The fraction of sp³-hybridized carbons (Fsp3) is 0.400. The maximum Gasteiger partial charge on any atom is 0.122 e. The van der Waals surface area contributed by atoms with E-state index in [1.54, 1.807) is 0 Å². The van der Waals surface area contributed by atoms with Gasteiger partial charge in [0.25, 0.3) is 0 Å². The van der Waals surface area contributed by atoms with Crippen molar-refractivity contribution in [2.24, 2.45) is 0 Å². The summed E-state index contributed by atoms with van der Waals surface area (Å²) in [6.45, 7) is 30.7. The first-order chi connectivity index (χ1) is 24.4. The zero-order valence-corrected chi connectivity index (χ0v) is 34.9. The van der Waals surface area contributed by atoms with Crippen molar-refractivity contribution in [1.29, 1.82) is 0 Å². The second kappa shape index (κ2) is 14.4. The van der Waals surface area contributed by atoms with E-state index in [0.717, 1.165) is 50.4 Å². The van der Waals surface area contributed by atoms with E-state index in [4.69, 9.17) is 0 Å². The highest BCUT2D eigenvalue weighted by molar-refractivity contribution is 5.77. The molecule has 0 unspecified atom stereocenters. The molecule has 0 saturated carbocycles. The Bertz CT molecular complexity index is 1950. The second-order valence-electron chi connectivity index (χ2n) is 19.4. The van der Waals surface area contributed by atoms with Crippen LogP contribution in [-0.2, 0) is 34.5 Å². The lowest BCUT2D eigenvalue weighted by Crippen LogP contribution is -2.17. The Labute approximate surface area is 320 Å². The average Bonchev–Trinajstić information content (AvgIpc) is 3.04. The van der Waals surface area contributed by atoms with Crippen LogP contribution in [0.3, 0.4) is 0 Å². The molecule has 5 rings (SSSR count). The van der Waals surface area contributed by atoms with Crippen LogP contribution in [0.4, 0.5) is 17.1 Å². The van der Waals surface area contributed by atoms with Gasteiger partial charge in [-0.3, -0.25) is 0 Å². The van der Waals surface area contributed by atoms with Crippen molar-refractivity contribution < 1.29 is 10.2 Å². The molecule has 0 aliphatic carbocycles. The van der Waals surface area contributed by atoms with Gasteiger partial charge in [-0.1, -0.05) is 138 Å². The van der Waals surface area contributed by atoms with Crippen LogP contribution >= 0.6 is 0 Å². The van der Waals surface area contributed by atoms with E-state index in [1.807, 2.05) is 0 Å². The Morgan fingerprint density at radius 2 is 0.774 bits per heavy atom. The molecule has 0 spiro atoms. The van der Waals surface area contributed by atoms with Gasteiger partial charge >= 0.3 is 0 Å². The van der Waals surface area contributed by atoms with E-state index in [0.29, 0.717) is 24.3 Å². The van der Waals surface area contributed by atoms with Gasteiger partial charge in [-0.25, -0.2) is 0 Å². The van der Waals surface area contributed by atoms with Crippen LogP contribution in [-0.4, -0.2) is 10.2 Å². The standard InChI is InChI=1S/C50H63NO2/c1-32-15-20-42(25-33(32)2)51(40-21-16-34(17-22-40)26-36-28-38(47(3,4)5)30-43(45(36)52)49(9,10)11)41-23-18-35(19-24-41)27-37-29-39(48(6,7)8)31-44(46(37)53)50(12,13)14/h15-25,28-31,52-53H,26-27H2,1-14H3. The van der Waals surface area contributed by atoms with Crippen molar-refractivity contribution in [3.05, 3.63) is 147 Å². The van der Waals surface area contributed by atoms with Crippen molar-refractivity contribution in [2.45, 2.75) is 131 Å². The molecular formula is C50H63NO2. The van der Waals surface area contributed by atoms with Gasteiger partial charge in [0, 0.05) is 29.9 Å². The van der Waals surface area contributed by atoms with Crippen LogP contribution in [0, 0.1) is 13.8 Å². The SMILES string of the molecule is Cc1ccc(N(c2ccc(Cc3cc(C(C)(C)C)cc(C(C)(C)C)c3O)cc2)c2ccc(Cc3cc(C(C)(C)C)cc(C(C)(C)C)c3O)cc2)cc1C. The minimum absolute atomic E-state index is 0.0270. The van der Waals surface area contributed by atoms with Crippen molar-refractivity contribution in [3.8, 4) is 11.5 Å². The minimum Gasteiger partial charge on any atom is -0.507 e. The van der Waals surface area contributed by atoms with Gasteiger partial charge in [-0.05, 0) is 128 Å². The first-order valence-corrected chi connectivity index (χ1v) is 19.2. The van der Waals surface area contributed by atoms with E-state index in [9.17, 15) is 10.2 Å². The van der Waals surface area contributed by atoms with Gasteiger partial charge in [0.05, 0.1) is 0 Å². The highest BCUT2D eigenvalue weighted by Gasteiger charge is 2.27. The fourth-order valence-corrected chi connectivity index (χ4v) is 6.95. The van der Waals surface area contributed by atoms with Gasteiger partial charge in [0.2, 0.25) is 0 Å². The van der Waals surface area contributed by atoms with E-state index >= 15 is 0 Å². The van der Waals surface area contributed by atoms with Crippen molar-refractivity contribution in [1.82, 2.24) is 0 Å². The smallest absolute Gasteiger partial charge is 0.122 e. The molecule has 3 heteroatoms. The summed E-state index contributed by atoms with van der Waals surface area (Å²) in [5.41, 5.74) is 14.0. The lowest BCUT2D eigenvalue weighted by Gasteiger charge is -2.28. The highest BCUT2D eigenvalue weighted by Crippen LogP contribution is 2.41. The van der Waals surface area contributed by atoms with E-state index < -0.39 is 0 Å². The molecule has 0 saturated heterocycles. The normalized spacial score (nSPS) is 12.6. The molecule has 0 fully saturated rings. The number of nitrogens with zero attached hydrogens (tertiary/aromatic N) is 1. The first kappa shape index (κ1) is 39.7. The van der Waals surface area contributed by atoms with Crippen LogP contribution in [0.25, 0.3) is 0 Å². The van der Waals surface area contributed by atoms with Crippen LogP contribution in [0.15, 0.2) is 91.0 Å². The molecule has 0 aliphatic rings. The molecule has 0 radical (unpaired) electrons. The summed E-state index contributed by atoms with van der Waals surface area (Å²) in [5, 5.41) is 22.9. The number of anilines is 3. The summed E-state index contributed by atoms with van der Waals surface area (Å²) in [7, 11) is 0. The lowest BCUT2D eigenvalue weighted by atomic mass is 9.78. The average molecular weight is 710 g/mol. The van der Waals surface area contributed by atoms with Crippen LogP contribution in [0.5, 0.6) is 11.5 Å². The first-order valence-electron chi connectivity index (χ1n) is 19.2. The van der Waals surface area contributed by atoms with Gasteiger partial charge in [0.1, 0.15) is 11.5 Å². The fourth-order valence-electron chi connectivity index (χ4n) is 6.95. The third-order valence-electron chi connectivity index (χ3n) is 10.7. The highest BCUT2D eigenvalue weighted by atomic mass is 16.3. The van der Waals surface area contributed by atoms with Crippen molar-refractivity contribution in [3.63, 3.8) is 0 Å². The molecule has 0 bridgehead atoms. The Morgan fingerprint density at radius 1 is 0.415 bits per heavy atom. The molecule has 0 atom stereocenters. The maximum absolute atomic E-state index is 11.5. The number of phenols is 2. The molecule has 5 aromatic rings. The Hall–Kier alpha value is -4.50. The molecule has 280 valence electrons. The van der Waals surface area contributed by atoms with Crippen LogP contribution in [0.2, 0.25) is 0 Å². The second-order valence-corrected chi connectivity index (χ2v) is 19.4. The summed E-state index contributed by atoms with van der Waals surface area (Å²) in [6, 6.07) is 32.9. The number of benzene rings is 5. The topological polar surface area (TPSA) is 43.7 Å². The van der Waals surface area contributed by atoms with Gasteiger partial charge in [0.15, 0.2) is 0 Å². The zero-order valence-electron chi connectivity index (χ0n) is 34.9. The Kier molecular flexibility index (Phi) is 10.8. The molecule has 53 heavy (non-hydrogen) atoms. The number of rotatable bonds is 7. The van der Waals surface area contributed by atoms with Gasteiger partial charge in [-0.2, -0.15) is 0 Å². The third-order valence-corrected chi connectivity index (χ3v) is 10.7. The van der Waals surface area contributed by atoms with Crippen LogP contribution in [0.1, 0.15) is 139 Å². The predicted octanol–water partition coefficient (Wildman–Crippen LogP) is 13.6. The molecule has 5 aromatic carbocycles. The summed E-state index contributed by atoms with van der Waals surface area (Å²) in [6.07, 6.45) is 1.30. The molecular weight excluding hydrogens is 647 g/mol. The molecule has 0 aliphatic heterocycles. The Morgan fingerprint density at radius 3 is 1.09 bits per heavy atom. The molecule has 0 heterocycles. The number of aryl methyl sites for hydroxylation is 2.